The third-order valence-corrected chi connectivity index (χ3v) is 4.78. The molecule has 2 fully saturated rings. The highest BCUT2D eigenvalue weighted by Gasteiger charge is 2.28. The maximum absolute atomic E-state index is 5.46. The molecule has 19 heavy (non-hydrogen) atoms. The molecule has 106 valence electrons. The van der Waals surface area contributed by atoms with Crippen LogP contribution in [0.25, 0.3) is 0 Å². The third kappa shape index (κ3) is 2.99. The highest BCUT2D eigenvalue weighted by molar-refractivity contribution is 5.01. The molecular weight excluding hydrogens is 238 g/mol. The van der Waals surface area contributed by atoms with Crippen LogP contribution in [-0.2, 0) is 6.42 Å². The van der Waals surface area contributed by atoms with Gasteiger partial charge in [-0.05, 0) is 38.1 Å². The molecule has 1 atom stereocenters. The van der Waals surface area contributed by atoms with E-state index in [1.54, 1.807) is 0 Å². The van der Waals surface area contributed by atoms with Crippen LogP contribution in [-0.4, -0.2) is 22.7 Å². The minimum absolute atomic E-state index is 0.516. The van der Waals surface area contributed by atoms with Crippen LogP contribution in [0.5, 0.6) is 0 Å². The fourth-order valence-corrected chi connectivity index (χ4v) is 3.40. The molecule has 4 heteroatoms. The zero-order valence-corrected chi connectivity index (χ0v) is 11.9. The second kappa shape index (κ2) is 6.04. The van der Waals surface area contributed by atoms with E-state index in [9.17, 15) is 0 Å². The molecule has 0 aromatic carbocycles. The lowest BCUT2D eigenvalue weighted by atomic mass is 9.85. The lowest BCUT2D eigenvalue weighted by Gasteiger charge is -2.23. The van der Waals surface area contributed by atoms with Gasteiger partial charge in [-0.15, -0.1) is 0 Å². The quantitative estimate of drug-likeness (QED) is 0.857. The summed E-state index contributed by atoms with van der Waals surface area (Å²) < 4.78 is 5.46. The van der Waals surface area contributed by atoms with Crippen molar-refractivity contribution in [2.24, 2.45) is 5.92 Å². The predicted octanol–water partition coefficient (Wildman–Crippen LogP) is 3.05. The fraction of sp³-hybridized carbons (Fsp3) is 0.867. The van der Waals surface area contributed by atoms with Gasteiger partial charge in [-0.2, -0.15) is 4.98 Å². The Morgan fingerprint density at radius 1 is 1.21 bits per heavy atom. The van der Waals surface area contributed by atoms with Crippen molar-refractivity contribution in [1.82, 2.24) is 15.5 Å². The van der Waals surface area contributed by atoms with Gasteiger partial charge in [0.2, 0.25) is 5.89 Å². The Bertz CT molecular complexity index is 394. The molecular formula is C15H25N3O. The molecule has 2 saturated carbocycles. The van der Waals surface area contributed by atoms with Crippen molar-refractivity contribution in [3.05, 3.63) is 11.7 Å². The van der Waals surface area contributed by atoms with Gasteiger partial charge in [-0.1, -0.05) is 31.3 Å². The van der Waals surface area contributed by atoms with Crippen LogP contribution in [0.1, 0.15) is 69.5 Å². The Kier molecular flexibility index (Phi) is 4.16. The van der Waals surface area contributed by atoms with E-state index >= 15 is 0 Å². The van der Waals surface area contributed by atoms with Gasteiger partial charge in [-0.25, -0.2) is 0 Å². The number of rotatable bonds is 6. The summed E-state index contributed by atoms with van der Waals surface area (Å²) >= 11 is 0. The third-order valence-electron chi connectivity index (χ3n) is 4.78. The number of nitrogens with one attached hydrogen (secondary N) is 1. The molecule has 4 nitrogen and oxygen atoms in total. The molecule has 0 saturated heterocycles. The predicted molar refractivity (Wildman–Crippen MR) is 74.0 cm³/mol. The van der Waals surface area contributed by atoms with E-state index in [0.717, 1.165) is 30.6 Å². The van der Waals surface area contributed by atoms with Crippen LogP contribution in [0.15, 0.2) is 4.52 Å². The summed E-state index contributed by atoms with van der Waals surface area (Å²) in [7, 11) is 0. The molecule has 2 aliphatic rings. The van der Waals surface area contributed by atoms with Crippen LogP contribution < -0.4 is 5.32 Å². The SMILES string of the molecule is CCNC(Cc1nc(C2CCC2)no1)C1CCCC1. The molecule has 0 aliphatic heterocycles. The van der Waals surface area contributed by atoms with E-state index in [0.29, 0.717) is 12.0 Å². The molecule has 0 bridgehead atoms. The second-order valence-electron chi connectivity index (χ2n) is 6.09. The molecule has 2 aliphatic carbocycles. The van der Waals surface area contributed by atoms with E-state index in [2.05, 4.69) is 22.4 Å². The van der Waals surface area contributed by atoms with Crippen LogP contribution in [0, 0.1) is 5.92 Å². The first-order valence-corrected chi connectivity index (χ1v) is 7.92. The second-order valence-corrected chi connectivity index (χ2v) is 6.09. The standard InChI is InChI=1S/C15H25N3O/c1-2-16-13(11-6-3-4-7-11)10-14-17-15(18-19-14)12-8-5-9-12/h11-13,16H,2-10H2,1H3. The van der Waals surface area contributed by atoms with Gasteiger partial charge in [0.15, 0.2) is 5.82 Å². The Morgan fingerprint density at radius 3 is 2.63 bits per heavy atom. The summed E-state index contributed by atoms with van der Waals surface area (Å²) in [4.78, 5) is 4.61. The van der Waals surface area contributed by atoms with E-state index in [4.69, 9.17) is 4.52 Å². The normalized spacial score (nSPS) is 22.6. The summed E-state index contributed by atoms with van der Waals surface area (Å²) in [5.74, 6) is 3.14. The summed E-state index contributed by atoms with van der Waals surface area (Å²) in [6, 6.07) is 0.516. The number of aromatic nitrogens is 2. The Morgan fingerprint density at radius 2 is 2.00 bits per heavy atom. The molecule has 1 aromatic rings. The van der Waals surface area contributed by atoms with Crippen LogP contribution in [0.3, 0.4) is 0 Å². The van der Waals surface area contributed by atoms with Crippen molar-refractivity contribution < 1.29 is 4.52 Å². The average molecular weight is 263 g/mol. The van der Waals surface area contributed by atoms with Gasteiger partial charge < -0.3 is 9.84 Å². The van der Waals surface area contributed by atoms with E-state index in [1.807, 2.05) is 0 Å². The number of nitrogens with zero attached hydrogens (tertiary/aromatic N) is 2. The molecule has 1 N–H and O–H groups in total. The van der Waals surface area contributed by atoms with E-state index in [-0.39, 0.29) is 0 Å². The fourth-order valence-electron chi connectivity index (χ4n) is 3.40. The highest BCUT2D eigenvalue weighted by Crippen LogP contribution is 2.35. The molecule has 1 unspecified atom stereocenters. The maximum Gasteiger partial charge on any atom is 0.228 e. The number of likely N-dealkylation sites (N-methyl/N-ethyl adjacent to an activating group) is 1. The summed E-state index contributed by atoms with van der Waals surface area (Å²) in [6.45, 7) is 3.19. The molecule has 0 radical (unpaired) electrons. The van der Waals surface area contributed by atoms with Gasteiger partial charge >= 0.3 is 0 Å². The van der Waals surface area contributed by atoms with Crippen molar-refractivity contribution in [3.8, 4) is 0 Å². The van der Waals surface area contributed by atoms with Gasteiger partial charge in [0.05, 0.1) is 0 Å². The highest BCUT2D eigenvalue weighted by atomic mass is 16.5. The number of hydrogen-bond acceptors (Lipinski definition) is 4. The Balaban J connectivity index is 1.61. The Labute approximate surface area is 115 Å². The lowest BCUT2D eigenvalue weighted by Crippen LogP contribution is -2.37. The van der Waals surface area contributed by atoms with Crippen molar-refractivity contribution in [2.45, 2.75) is 70.3 Å². The van der Waals surface area contributed by atoms with Crippen molar-refractivity contribution in [3.63, 3.8) is 0 Å². The zero-order valence-electron chi connectivity index (χ0n) is 11.9. The minimum Gasteiger partial charge on any atom is -0.339 e. The molecule has 0 amide bonds. The summed E-state index contributed by atoms with van der Waals surface area (Å²) in [5, 5.41) is 7.78. The largest absolute Gasteiger partial charge is 0.339 e. The maximum atomic E-state index is 5.46. The van der Waals surface area contributed by atoms with Gasteiger partial charge in [0.1, 0.15) is 0 Å². The van der Waals surface area contributed by atoms with Crippen LogP contribution in [0.4, 0.5) is 0 Å². The van der Waals surface area contributed by atoms with Gasteiger partial charge in [0.25, 0.3) is 0 Å². The lowest BCUT2D eigenvalue weighted by molar-refractivity contribution is 0.306. The molecule has 1 aromatic heterocycles. The van der Waals surface area contributed by atoms with Crippen LogP contribution >= 0.6 is 0 Å². The van der Waals surface area contributed by atoms with Crippen molar-refractivity contribution >= 4 is 0 Å². The summed E-state index contributed by atoms with van der Waals surface area (Å²) in [5.41, 5.74) is 0. The van der Waals surface area contributed by atoms with Crippen molar-refractivity contribution in [2.75, 3.05) is 6.54 Å². The van der Waals surface area contributed by atoms with Crippen LogP contribution in [0.2, 0.25) is 0 Å². The van der Waals surface area contributed by atoms with Gasteiger partial charge in [0, 0.05) is 18.4 Å². The molecule has 1 heterocycles. The van der Waals surface area contributed by atoms with Crippen molar-refractivity contribution in [1.29, 1.82) is 0 Å². The smallest absolute Gasteiger partial charge is 0.228 e. The van der Waals surface area contributed by atoms with E-state index in [1.165, 1.54) is 44.9 Å². The minimum atomic E-state index is 0.516. The topological polar surface area (TPSA) is 51.0 Å². The average Bonchev–Trinajstić information content (AvgIpc) is 2.97. The van der Waals surface area contributed by atoms with Gasteiger partial charge in [-0.3, -0.25) is 0 Å². The Hall–Kier alpha value is -0.900. The molecule has 3 rings (SSSR count). The monoisotopic (exact) mass is 263 g/mol. The first-order chi connectivity index (χ1) is 9.36. The zero-order chi connectivity index (χ0) is 13.1. The van der Waals surface area contributed by atoms with E-state index < -0.39 is 0 Å². The molecule has 0 spiro atoms. The first-order valence-electron chi connectivity index (χ1n) is 7.92. The number of hydrogen-bond donors (Lipinski definition) is 1. The summed E-state index contributed by atoms with van der Waals surface area (Å²) in [6.07, 6.45) is 10.1. The first kappa shape index (κ1) is 13.1.